The highest BCUT2D eigenvalue weighted by Gasteiger charge is 2.13. The maximum atomic E-state index is 10.7. The molecular formula is C6H12N2O2. The van der Waals surface area contributed by atoms with Gasteiger partial charge in [0.1, 0.15) is 6.61 Å². The number of hydrogen-bond donors (Lipinski definition) is 2. The highest BCUT2D eigenvalue weighted by molar-refractivity contribution is 5.77. The zero-order valence-electron chi connectivity index (χ0n) is 6.02. The van der Waals surface area contributed by atoms with Crippen LogP contribution >= 0.6 is 0 Å². The van der Waals surface area contributed by atoms with Gasteiger partial charge in [-0.15, -0.1) is 0 Å². The van der Waals surface area contributed by atoms with Crippen molar-refractivity contribution in [1.29, 1.82) is 0 Å². The maximum absolute atomic E-state index is 10.7. The van der Waals surface area contributed by atoms with Gasteiger partial charge in [0.2, 0.25) is 5.91 Å². The van der Waals surface area contributed by atoms with Gasteiger partial charge in [-0.05, 0) is 7.05 Å². The lowest BCUT2D eigenvalue weighted by atomic mass is 10.3. The first kappa shape index (κ1) is 7.50. The van der Waals surface area contributed by atoms with Crippen LogP contribution in [0.5, 0.6) is 0 Å². The molecule has 1 aliphatic heterocycles. The van der Waals surface area contributed by atoms with Crippen molar-refractivity contribution in [3.8, 4) is 0 Å². The molecule has 1 aliphatic rings. The minimum absolute atomic E-state index is 0.0299. The lowest BCUT2D eigenvalue weighted by Crippen LogP contribution is -2.38. The average Bonchev–Trinajstić information content (AvgIpc) is 2.14. The molecule has 1 rings (SSSR count). The van der Waals surface area contributed by atoms with Crippen molar-refractivity contribution in [1.82, 2.24) is 10.6 Å². The van der Waals surface area contributed by atoms with Gasteiger partial charge in [-0.25, -0.2) is 0 Å². The fraction of sp³-hybridized carbons (Fsp3) is 0.833. The van der Waals surface area contributed by atoms with Gasteiger partial charge in [0.25, 0.3) is 0 Å². The molecular weight excluding hydrogens is 132 g/mol. The molecule has 1 atom stereocenters. The molecule has 0 aromatic heterocycles. The van der Waals surface area contributed by atoms with Crippen LogP contribution in [0.4, 0.5) is 0 Å². The van der Waals surface area contributed by atoms with Crippen molar-refractivity contribution in [3.63, 3.8) is 0 Å². The summed E-state index contributed by atoms with van der Waals surface area (Å²) in [4.78, 5) is 10.7. The maximum Gasteiger partial charge on any atom is 0.246 e. The molecule has 0 aromatic carbocycles. The Morgan fingerprint density at radius 1 is 1.80 bits per heavy atom. The third-order valence-electron chi connectivity index (χ3n) is 1.51. The average molecular weight is 144 g/mol. The highest BCUT2D eigenvalue weighted by Crippen LogP contribution is 1.88. The quantitative estimate of drug-likeness (QED) is 0.482. The number of nitrogens with one attached hydrogen (secondary N) is 2. The summed E-state index contributed by atoms with van der Waals surface area (Å²) in [7, 11) is 1.85. The molecule has 10 heavy (non-hydrogen) atoms. The van der Waals surface area contributed by atoms with Gasteiger partial charge in [-0.1, -0.05) is 0 Å². The molecule has 1 fully saturated rings. The largest absolute Gasteiger partial charge is 0.370 e. The predicted molar refractivity (Wildman–Crippen MR) is 36.7 cm³/mol. The van der Waals surface area contributed by atoms with E-state index in [1.165, 1.54) is 0 Å². The van der Waals surface area contributed by atoms with Crippen LogP contribution in [-0.4, -0.2) is 38.8 Å². The smallest absolute Gasteiger partial charge is 0.246 e. The van der Waals surface area contributed by atoms with E-state index < -0.39 is 0 Å². The van der Waals surface area contributed by atoms with Gasteiger partial charge in [-0.2, -0.15) is 0 Å². The predicted octanol–water partition coefficient (Wildman–Crippen LogP) is -1.28. The SMILES string of the molecule is CNC1CNC(=O)COC1. The van der Waals surface area contributed by atoms with E-state index in [-0.39, 0.29) is 18.6 Å². The molecule has 0 aromatic rings. The van der Waals surface area contributed by atoms with Crippen LogP contribution in [0.2, 0.25) is 0 Å². The summed E-state index contributed by atoms with van der Waals surface area (Å²) in [6.45, 7) is 1.46. The Balaban J connectivity index is 2.33. The Bertz CT molecular complexity index is 127. The minimum atomic E-state index is -0.0299. The monoisotopic (exact) mass is 144 g/mol. The molecule has 1 saturated heterocycles. The zero-order valence-corrected chi connectivity index (χ0v) is 6.02. The topological polar surface area (TPSA) is 50.4 Å². The van der Waals surface area contributed by atoms with E-state index in [0.717, 1.165) is 0 Å². The van der Waals surface area contributed by atoms with E-state index in [9.17, 15) is 4.79 Å². The van der Waals surface area contributed by atoms with Crippen molar-refractivity contribution in [3.05, 3.63) is 0 Å². The lowest BCUT2D eigenvalue weighted by molar-refractivity contribution is -0.124. The molecule has 0 radical (unpaired) electrons. The minimum Gasteiger partial charge on any atom is -0.370 e. The van der Waals surface area contributed by atoms with E-state index in [1.807, 2.05) is 7.05 Å². The van der Waals surface area contributed by atoms with E-state index in [2.05, 4.69) is 10.6 Å². The van der Waals surface area contributed by atoms with Crippen LogP contribution in [0.3, 0.4) is 0 Å². The van der Waals surface area contributed by atoms with Gasteiger partial charge >= 0.3 is 0 Å². The first-order valence-electron chi connectivity index (χ1n) is 3.34. The summed E-state index contributed by atoms with van der Waals surface area (Å²) < 4.78 is 5.04. The molecule has 0 saturated carbocycles. The number of carbonyl (C=O) groups is 1. The van der Waals surface area contributed by atoms with Gasteiger partial charge in [0.15, 0.2) is 0 Å². The number of carbonyl (C=O) groups excluding carboxylic acids is 1. The number of rotatable bonds is 1. The highest BCUT2D eigenvalue weighted by atomic mass is 16.5. The molecule has 0 aliphatic carbocycles. The summed E-state index contributed by atoms with van der Waals surface area (Å²) in [5, 5.41) is 5.74. The van der Waals surface area contributed by atoms with Crippen molar-refractivity contribution in [2.75, 3.05) is 26.8 Å². The molecule has 0 bridgehead atoms. The normalized spacial score (nSPS) is 27.3. The Hall–Kier alpha value is -0.610. The fourth-order valence-corrected chi connectivity index (χ4v) is 0.826. The van der Waals surface area contributed by atoms with E-state index in [1.54, 1.807) is 0 Å². The zero-order chi connectivity index (χ0) is 7.40. The Labute approximate surface area is 59.9 Å². The van der Waals surface area contributed by atoms with Crippen LogP contribution in [0.1, 0.15) is 0 Å². The lowest BCUT2D eigenvalue weighted by Gasteiger charge is -2.10. The molecule has 1 amide bonds. The van der Waals surface area contributed by atoms with Gasteiger partial charge in [0, 0.05) is 12.6 Å². The standard InChI is InChI=1S/C6H12N2O2/c1-7-5-2-8-6(9)4-10-3-5/h5,7H,2-4H2,1H3,(H,8,9). The van der Waals surface area contributed by atoms with Crippen LogP contribution in [0, 0.1) is 0 Å². The van der Waals surface area contributed by atoms with Gasteiger partial charge < -0.3 is 15.4 Å². The molecule has 4 heteroatoms. The second-order valence-corrected chi connectivity index (χ2v) is 2.30. The summed E-state index contributed by atoms with van der Waals surface area (Å²) in [5.74, 6) is -0.0299. The first-order chi connectivity index (χ1) is 4.83. The van der Waals surface area contributed by atoms with E-state index in [4.69, 9.17) is 4.74 Å². The summed E-state index contributed by atoms with van der Waals surface area (Å²) in [5.41, 5.74) is 0. The molecule has 1 heterocycles. The molecule has 1 unspecified atom stereocenters. The molecule has 4 nitrogen and oxygen atoms in total. The summed E-state index contributed by atoms with van der Waals surface area (Å²) >= 11 is 0. The summed E-state index contributed by atoms with van der Waals surface area (Å²) in [6.07, 6.45) is 0. The number of amides is 1. The van der Waals surface area contributed by atoms with Crippen molar-refractivity contribution >= 4 is 5.91 Å². The van der Waals surface area contributed by atoms with E-state index >= 15 is 0 Å². The van der Waals surface area contributed by atoms with Crippen molar-refractivity contribution in [2.24, 2.45) is 0 Å². The summed E-state index contributed by atoms with van der Waals surface area (Å²) in [6, 6.07) is 0.256. The van der Waals surface area contributed by atoms with Crippen molar-refractivity contribution < 1.29 is 9.53 Å². The Morgan fingerprint density at radius 2 is 2.60 bits per heavy atom. The first-order valence-corrected chi connectivity index (χ1v) is 3.34. The third kappa shape index (κ3) is 1.97. The second-order valence-electron chi connectivity index (χ2n) is 2.30. The van der Waals surface area contributed by atoms with Crippen LogP contribution < -0.4 is 10.6 Å². The number of likely N-dealkylation sites (N-methyl/N-ethyl adjacent to an activating group) is 1. The van der Waals surface area contributed by atoms with Gasteiger partial charge in [0.05, 0.1) is 6.61 Å². The van der Waals surface area contributed by atoms with Crippen LogP contribution in [0.25, 0.3) is 0 Å². The number of ether oxygens (including phenoxy) is 1. The van der Waals surface area contributed by atoms with Gasteiger partial charge in [-0.3, -0.25) is 4.79 Å². The van der Waals surface area contributed by atoms with E-state index in [0.29, 0.717) is 13.2 Å². The van der Waals surface area contributed by atoms with Crippen LogP contribution in [0.15, 0.2) is 0 Å². The third-order valence-corrected chi connectivity index (χ3v) is 1.51. The Kier molecular flexibility index (Phi) is 2.65. The fourth-order valence-electron chi connectivity index (χ4n) is 0.826. The molecule has 2 N–H and O–H groups in total. The molecule has 58 valence electrons. The van der Waals surface area contributed by atoms with Crippen molar-refractivity contribution in [2.45, 2.75) is 6.04 Å². The molecule has 0 spiro atoms. The number of hydrogen-bond acceptors (Lipinski definition) is 3. The van der Waals surface area contributed by atoms with Crippen LogP contribution in [-0.2, 0) is 9.53 Å². The Morgan fingerprint density at radius 3 is 3.30 bits per heavy atom. The second kappa shape index (κ2) is 3.53.